The third-order valence-electron chi connectivity index (χ3n) is 1.95. The number of ether oxygens (including phenoxy) is 1. The molecule has 0 bridgehead atoms. The molecule has 1 aromatic heterocycles. The second-order valence-corrected chi connectivity index (χ2v) is 3.73. The average molecular weight is 309 g/mol. The van der Waals surface area contributed by atoms with Crippen LogP contribution in [0, 0.1) is 24.2 Å². The van der Waals surface area contributed by atoms with E-state index in [9.17, 15) is 9.59 Å². The number of hydrogen-bond acceptors (Lipinski definition) is 4. The quantitative estimate of drug-likeness (QED) is 0.477. The highest BCUT2D eigenvalue weighted by molar-refractivity contribution is 9.10. The molecular weight excluding hydrogens is 300 g/mol. The van der Waals surface area contributed by atoms with Crippen LogP contribution in [0.5, 0.6) is 0 Å². The molecule has 0 aliphatic rings. The summed E-state index contributed by atoms with van der Waals surface area (Å²) >= 11 is 3.15. The van der Waals surface area contributed by atoms with E-state index in [1.54, 1.807) is 6.92 Å². The zero-order valence-electron chi connectivity index (χ0n) is 9.57. The van der Waals surface area contributed by atoms with Gasteiger partial charge in [0.2, 0.25) is 0 Å². The third-order valence-corrected chi connectivity index (χ3v) is 2.56. The van der Waals surface area contributed by atoms with Gasteiger partial charge < -0.3 is 9.30 Å². The second-order valence-electron chi connectivity index (χ2n) is 3.03. The molecule has 0 aliphatic heterocycles. The van der Waals surface area contributed by atoms with Crippen LogP contribution in [0.3, 0.4) is 0 Å². The third kappa shape index (κ3) is 2.99. The van der Waals surface area contributed by atoms with Crippen LogP contribution in [0.2, 0.25) is 0 Å². The first-order chi connectivity index (χ1) is 8.65. The van der Waals surface area contributed by atoms with E-state index in [1.807, 2.05) is 0 Å². The highest BCUT2D eigenvalue weighted by Crippen LogP contribution is 2.16. The van der Waals surface area contributed by atoms with Crippen LogP contribution in [0.1, 0.15) is 27.9 Å². The molecule has 0 fully saturated rings. The van der Waals surface area contributed by atoms with Crippen molar-refractivity contribution in [3.05, 3.63) is 16.1 Å². The fraction of sp³-hybridized carbons (Fsp3) is 0.250. The first kappa shape index (κ1) is 14.0. The van der Waals surface area contributed by atoms with Crippen molar-refractivity contribution in [3.8, 4) is 24.2 Å². The largest absolute Gasteiger partial charge is 0.448 e. The summed E-state index contributed by atoms with van der Waals surface area (Å²) in [5, 5.41) is 0. The Kier molecular flexibility index (Phi) is 5.16. The van der Waals surface area contributed by atoms with Gasteiger partial charge in [-0.3, -0.25) is 4.79 Å². The maximum Gasteiger partial charge on any atom is 0.358 e. The van der Waals surface area contributed by atoms with Gasteiger partial charge in [0.25, 0.3) is 0 Å². The first-order valence-electron chi connectivity index (χ1n) is 4.87. The van der Waals surface area contributed by atoms with Crippen molar-refractivity contribution < 1.29 is 14.3 Å². The van der Waals surface area contributed by atoms with Gasteiger partial charge in [0.05, 0.1) is 6.54 Å². The lowest BCUT2D eigenvalue weighted by Crippen LogP contribution is -2.14. The zero-order chi connectivity index (χ0) is 13.5. The van der Waals surface area contributed by atoms with Gasteiger partial charge in [-0.2, -0.15) is 0 Å². The van der Waals surface area contributed by atoms with Gasteiger partial charge in [0.15, 0.2) is 23.3 Å². The predicted molar refractivity (Wildman–Crippen MR) is 67.9 cm³/mol. The fourth-order valence-electron chi connectivity index (χ4n) is 1.22. The molecule has 0 aliphatic carbocycles. The number of nitrogens with zero attached hydrogens (tertiary/aromatic N) is 2. The standard InChI is InChI=1S/C12H9BrN2O3/c1-3-5-6-15-10(11(17)18-7-4-2)9(8-16)14-12(15)13/h2,8H,6-7H2,1H3. The molecule has 5 nitrogen and oxygen atoms in total. The van der Waals surface area contributed by atoms with Crippen LogP contribution in [-0.4, -0.2) is 28.4 Å². The molecule has 0 spiro atoms. The molecule has 1 aromatic rings. The summed E-state index contributed by atoms with van der Waals surface area (Å²) < 4.78 is 6.57. The normalized spacial score (nSPS) is 8.94. The monoisotopic (exact) mass is 308 g/mol. The van der Waals surface area contributed by atoms with Crippen molar-refractivity contribution in [2.45, 2.75) is 13.5 Å². The Morgan fingerprint density at radius 2 is 2.39 bits per heavy atom. The maximum atomic E-state index is 11.8. The lowest BCUT2D eigenvalue weighted by Gasteiger charge is -2.05. The summed E-state index contributed by atoms with van der Waals surface area (Å²) in [5.74, 6) is 6.93. The highest BCUT2D eigenvalue weighted by atomic mass is 79.9. The Balaban J connectivity index is 3.19. The first-order valence-corrected chi connectivity index (χ1v) is 5.66. The van der Waals surface area contributed by atoms with E-state index in [1.165, 1.54) is 4.57 Å². The minimum absolute atomic E-state index is 0.0122. The number of aromatic nitrogens is 2. The van der Waals surface area contributed by atoms with Crippen molar-refractivity contribution >= 4 is 28.2 Å². The number of carbonyl (C=O) groups excluding carboxylic acids is 2. The van der Waals surface area contributed by atoms with E-state index in [-0.39, 0.29) is 24.5 Å². The molecule has 1 rings (SSSR count). The fourth-order valence-corrected chi connectivity index (χ4v) is 1.71. The van der Waals surface area contributed by atoms with Gasteiger partial charge in [-0.1, -0.05) is 11.8 Å². The SMILES string of the molecule is C#CCOC(=O)c1c(C=O)nc(Br)n1CC#CC. The van der Waals surface area contributed by atoms with E-state index in [0.29, 0.717) is 11.0 Å². The molecular formula is C12H9BrN2O3. The molecule has 1 heterocycles. The van der Waals surface area contributed by atoms with Crippen LogP contribution < -0.4 is 0 Å². The Morgan fingerprint density at radius 3 is 2.94 bits per heavy atom. The number of terminal acetylenes is 1. The van der Waals surface area contributed by atoms with E-state index in [4.69, 9.17) is 11.2 Å². The van der Waals surface area contributed by atoms with E-state index in [2.05, 4.69) is 38.7 Å². The summed E-state index contributed by atoms with van der Waals surface area (Å²) in [4.78, 5) is 26.5. The summed E-state index contributed by atoms with van der Waals surface area (Å²) in [6.45, 7) is 1.72. The molecule has 0 atom stereocenters. The van der Waals surface area contributed by atoms with Crippen LogP contribution in [0.4, 0.5) is 0 Å². The molecule has 6 heteroatoms. The molecule has 92 valence electrons. The van der Waals surface area contributed by atoms with Crippen LogP contribution >= 0.6 is 15.9 Å². The smallest absolute Gasteiger partial charge is 0.358 e. The minimum Gasteiger partial charge on any atom is -0.448 e. The Hall–Kier alpha value is -2.05. The van der Waals surface area contributed by atoms with E-state index in [0.717, 1.165) is 0 Å². The molecule has 0 radical (unpaired) electrons. The number of carbonyl (C=O) groups is 2. The van der Waals surface area contributed by atoms with E-state index >= 15 is 0 Å². The summed E-state index contributed by atoms with van der Waals surface area (Å²) in [6.07, 6.45) is 5.48. The summed E-state index contributed by atoms with van der Waals surface area (Å²) in [7, 11) is 0. The van der Waals surface area contributed by atoms with Crippen LogP contribution in [0.15, 0.2) is 4.73 Å². The topological polar surface area (TPSA) is 61.2 Å². The van der Waals surface area contributed by atoms with Crippen molar-refractivity contribution in [2.75, 3.05) is 6.61 Å². The summed E-state index contributed by atoms with van der Waals surface area (Å²) in [5.41, 5.74) is 0.0247. The number of imidazole rings is 1. The Morgan fingerprint density at radius 1 is 1.67 bits per heavy atom. The molecule has 18 heavy (non-hydrogen) atoms. The zero-order valence-corrected chi connectivity index (χ0v) is 11.2. The lowest BCUT2D eigenvalue weighted by atomic mass is 10.3. The molecule has 0 saturated carbocycles. The Labute approximate surface area is 113 Å². The van der Waals surface area contributed by atoms with Crippen molar-refractivity contribution in [3.63, 3.8) is 0 Å². The second kappa shape index (κ2) is 6.63. The van der Waals surface area contributed by atoms with Crippen molar-refractivity contribution in [1.29, 1.82) is 0 Å². The number of esters is 1. The van der Waals surface area contributed by atoms with Gasteiger partial charge in [0, 0.05) is 0 Å². The Bertz CT molecular complexity index is 573. The summed E-state index contributed by atoms with van der Waals surface area (Å²) in [6, 6.07) is 0. The van der Waals surface area contributed by atoms with Gasteiger partial charge in [-0.25, -0.2) is 9.78 Å². The molecule has 0 unspecified atom stereocenters. The number of rotatable bonds is 4. The molecule has 0 aromatic carbocycles. The van der Waals surface area contributed by atoms with Gasteiger partial charge >= 0.3 is 5.97 Å². The van der Waals surface area contributed by atoms with Gasteiger partial charge in [0.1, 0.15) is 5.69 Å². The molecule has 0 N–H and O–H groups in total. The average Bonchev–Trinajstić information content (AvgIpc) is 2.69. The van der Waals surface area contributed by atoms with E-state index < -0.39 is 5.97 Å². The number of aldehydes is 1. The lowest BCUT2D eigenvalue weighted by molar-refractivity contribution is 0.0542. The molecule has 0 saturated heterocycles. The van der Waals surface area contributed by atoms with Crippen molar-refractivity contribution in [2.24, 2.45) is 0 Å². The van der Waals surface area contributed by atoms with Crippen LogP contribution in [0.25, 0.3) is 0 Å². The van der Waals surface area contributed by atoms with Gasteiger partial charge in [-0.05, 0) is 22.9 Å². The number of halogens is 1. The molecule has 0 amide bonds. The maximum absolute atomic E-state index is 11.8. The number of hydrogen-bond donors (Lipinski definition) is 0. The predicted octanol–water partition coefficient (Wildman–Crippen LogP) is 1.27. The van der Waals surface area contributed by atoms with Crippen LogP contribution in [-0.2, 0) is 11.3 Å². The van der Waals surface area contributed by atoms with Gasteiger partial charge in [-0.15, -0.1) is 12.3 Å². The van der Waals surface area contributed by atoms with Crippen molar-refractivity contribution in [1.82, 2.24) is 9.55 Å². The minimum atomic E-state index is -0.703. The highest BCUT2D eigenvalue weighted by Gasteiger charge is 2.22.